The van der Waals surface area contributed by atoms with Crippen molar-refractivity contribution < 1.29 is 14.6 Å². The Kier molecular flexibility index (Phi) is 6.09. The van der Waals surface area contributed by atoms with Crippen LogP contribution in [0.15, 0.2) is 47.4 Å². The Labute approximate surface area is 164 Å². The molecule has 1 aliphatic heterocycles. The van der Waals surface area contributed by atoms with E-state index < -0.39 is 6.10 Å². The SMILES string of the molecule is COc1ccc([C@@H]2Sc3cccc(C)c3N(CCN(C)C)C(=O)[C@@H]2O)cc1. The van der Waals surface area contributed by atoms with Gasteiger partial charge in [-0.05, 0) is 50.3 Å². The van der Waals surface area contributed by atoms with Crippen LogP contribution in [0.25, 0.3) is 0 Å². The van der Waals surface area contributed by atoms with Gasteiger partial charge in [-0.3, -0.25) is 4.79 Å². The maximum Gasteiger partial charge on any atom is 0.257 e. The molecular weight excluding hydrogens is 360 g/mol. The van der Waals surface area contributed by atoms with Crippen LogP contribution in [0.5, 0.6) is 5.75 Å². The van der Waals surface area contributed by atoms with Crippen LogP contribution in [0.3, 0.4) is 0 Å². The van der Waals surface area contributed by atoms with E-state index in [0.717, 1.165) is 34.0 Å². The molecule has 0 saturated heterocycles. The summed E-state index contributed by atoms with van der Waals surface area (Å²) in [4.78, 5) is 18.0. The summed E-state index contributed by atoms with van der Waals surface area (Å²) < 4.78 is 5.22. The third-order valence-electron chi connectivity index (χ3n) is 4.75. The van der Waals surface area contributed by atoms with Crippen LogP contribution in [0.1, 0.15) is 16.4 Å². The van der Waals surface area contributed by atoms with Gasteiger partial charge in [0.2, 0.25) is 0 Å². The minimum atomic E-state index is -1.11. The van der Waals surface area contributed by atoms with Crippen LogP contribution in [0.2, 0.25) is 0 Å². The van der Waals surface area contributed by atoms with Crippen molar-refractivity contribution in [2.24, 2.45) is 0 Å². The third-order valence-corrected chi connectivity index (χ3v) is 6.11. The lowest BCUT2D eigenvalue weighted by Gasteiger charge is -2.27. The van der Waals surface area contributed by atoms with Gasteiger partial charge in [0.25, 0.3) is 5.91 Å². The molecule has 0 unspecified atom stereocenters. The predicted molar refractivity (Wildman–Crippen MR) is 110 cm³/mol. The number of nitrogens with zero attached hydrogens (tertiary/aromatic N) is 2. The van der Waals surface area contributed by atoms with Crippen LogP contribution in [0.4, 0.5) is 5.69 Å². The maximum absolute atomic E-state index is 13.2. The summed E-state index contributed by atoms with van der Waals surface area (Å²) in [5.41, 5.74) is 2.85. The number of fused-ring (bicyclic) bond motifs is 1. The second-order valence-electron chi connectivity index (χ2n) is 6.97. The summed E-state index contributed by atoms with van der Waals surface area (Å²) in [6, 6.07) is 13.6. The first kappa shape index (κ1) is 19.7. The molecule has 0 radical (unpaired) electrons. The first-order valence-corrected chi connectivity index (χ1v) is 9.84. The topological polar surface area (TPSA) is 53.0 Å². The number of ether oxygens (including phenoxy) is 1. The Morgan fingerprint density at radius 3 is 2.52 bits per heavy atom. The van der Waals surface area contributed by atoms with Crippen molar-refractivity contribution in [2.75, 3.05) is 39.2 Å². The van der Waals surface area contributed by atoms with E-state index in [0.29, 0.717) is 6.54 Å². The van der Waals surface area contributed by atoms with Crippen LogP contribution >= 0.6 is 11.8 Å². The summed E-state index contributed by atoms with van der Waals surface area (Å²) in [7, 11) is 5.58. The van der Waals surface area contributed by atoms with E-state index >= 15 is 0 Å². The predicted octanol–water partition coefficient (Wildman–Crippen LogP) is 3.11. The summed E-state index contributed by atoms with van der Waals surface area (Å²) in [6.45, 7) is 3.27. The van der Waals surface area contributed by atoms with Gasteiger partial charge in [-0.15, -0.1) is 11.8 Å². The molecule has 0 saturated carbocycles. The monoisotopic (exact) mass is 386 g/mol. The molecule has 5 nitrogen and oxygen atoms in total. The number of benzene rings is 2. The average Bonchev–Trinajstić information content (AvgIpc) is 2.76. The van der Waals surface area contributed by atoms with Crippen LogP contribution in [-0.2, 0) is 4.79 Å². The number of aryl methyl sites for hydroxylation is 1. The zero-order chi connectivity index (χ0) is 19.6. The molecule has 0 aromatic heterocycles. The van der Waals surface area contributed by atoms with E-state index in [4.69, 9.17) is 4.74 Å². The molecule has 0 bridgehead atoms. The molecule has 1 heterocycles. The number of rotatable bonds is 5. The first-order valence-electron chi connectivity index (χ1n) is 8.96. The van der Waals surface area contributed by atoms with Crippen molar-refractivity contribution in [2.45, 2.75) is 23.2 Å². The molecule has 2 aromatic carbocycles. The fourth-order valence-corrected chi connectivity index (χ4v) is 4.59. The molecule has 27 heavy (non-hydrogen) atoms. The molecule has 6 heteroatoms. The van der Waals surface area contributed by atoms with Crippen LogP contribution in [-0.4, -0.2) is 56.3 Å². The maximum atomic E-state index is 13.2. The standard InChI is InChI=1S/C21H26N2O3S/c1-14-6-5-7-17-18(14)23(13-12-22(2)3)21(25)19(24)20(27-17)15-8-10-16(26-4)11-9-15/h5-11,19-20,24H,12-13H2,1-4H3/t19-,20+/m1/s1. The second kappa shape index (κ2) is 8.33. The highest BCUT2D eigenvalue weighted by atomic mass is 32.2. The number of carbonyl (C=O) groups is 1. The van der Waals surface area contributed by atoms with E-state index in [1.165, 1.54) is 0 Å². The second-order valence-corrected chi connectivity index (χ2v) is 8.15. The molecule has 1 N–H and O–H groups in total. The minimum Gasteiger partial charge on any atom is -0.497 e. The summed E-state index contributed by atoms with van der Waals surface area (Å²) in [5, 5.41) is 10.6. The zero-order valence-electron chi connectivity index (χ0n) is 16.2. The van der Waals surface area contributed by atoms with Gasteiger partial charge in [-0.25, -0.2) is 0 Å². The van der Waals surface area contributed by atoms with Gasteiger partial charge in [0.05, 0.1) is 18.0 Å². The van der Waals surface area contributed by atoms with Crippen molar-refractivity contribution in [3.8, 4) is 5.75 Å². The number of aliphatic hydroxyl groups is 1. The van der Waals surface area contributed by atoms with E-state index in [9.17, 15) is 9.90 Å². The van der Waals surface area contributed by atoms with Crippen molar-refractivity contribution in [3.05, 3.63) is 53.6 Å². The zero-order valence-corrected chi connectivity index (χ0v) is 17.0. The number of para-hydroxylation sites is 1. The number of aliphatic hydroxyl groups excluding tert-OH is 1. The number of hydrogen-bond donors (Lipinski definition) is 1. The van der Waals surface area contributed by atoms with Gasteiger partial charge in [-0.1, -0.05) is 24.3 Å². The lowest BCUT2D eigenvalue weighted by molar-refractivity contribution is -0.126. The van der Waals surface area contributed by atoms with Gasteiger partial charge >= 0.3 is 0 Å². The molecule has 2 aromatic rings. The molecule has 0 fully saturated rings. The van der Waals surface area contributed by atoms with Crippen molar-refractivity contribution >= 4 is 23.4 Å². The van der Waals surface area contributed by atoms with Gasteiger partial charge in [0, 0.05) is 18.0 Å². The summed E-state index contributed by atoms with van der Waals surface area (Å²) in [6.07, 6.45) is -1.11. The van der Waals surface area contributed by atoms with Crippen LogP contribution < -0.4 is 9.64 Å². The highest BCUT2D eigenvalue weighted by Gasteiger charge is 2.37. The van der Waals surface area contributed by atoms with E-state index in [1.54, 1.807) is 23.8 Å². The number of carbonyl (C=O) groups excluding carboxylic acids is 1. The Hall–Kier alpha value is -2.02. The van der Waals surface area contributed by atoms with E-state index in [2.05, 4.69) is 0 Å². The van der Waals surface area contributed by atoms with Gasteiger partial charge in [0.1, 0.15) is 11.9 Å². The molecule has 0 spiro atoms. The largest absolute Gasteiger partial charge is 0.497 e. The van der Waals surface area contributed by atoms with Crippen LogP contribution in [0, 0.1) is 6.92 Å². The van der Waals surface area contributed by atoms with Gasteiger partial charge < -0.3 is 19.6 Å². The Morgan fingerprint density at radius 2 is 1.89 bits per heavy atom. The molecule has 2 atom stereocenters. The number of methoxy groups -OCH3 is 1. The average molecular weight is 387 g/mol. The van der Waals surface area contributed by atoms with Crippen molar-refractivity contribution in [1.82, 2.24) is 4.90 Å². The van der Waals surface area contributed by atoms with E-state index in [1.807, 2.05) is 68.4 Å². The smallest absolute Gasteiger partial charge is 0.257 e. The van der Waals surface area contributed by atoms with Crippen molar-refractivity contribution in [3.63, 3.8) is 0 Å². The number of amides is 1. The Bertz CT molecular complexity index is 808. The minimum absolute atomic E-state index is 0.252. The highest BCUT2D eigenvalue weighted by molar-refractivity contribution is 7.99. The van der Waals surface area contributed by atoms with Gasteiger partial charge in [-0.2, -0.15) is 0 Å². The summed E-state index contributed by atoms with van der Waals surface area (Å²) >= 11 is 1.54. The number of hydrogen-bond acceptors (Lipinski definition) is 5. The molecule has 3 rings (SSSR count). The lowest BCUT2D eigenvalue weighted by Crippen LogP contribution is -2.43. The summed E-state index contributed by atoms with van der Waals surface area (Å²) in [5.74, 6) is 0.500. The lowest BCUT2D eigenvalue weighted by atomic mass is 10.1. The third kappa shape index (κ3) is 4.13. The Morgan fingerprint density at radius 1 is 1.19 bits per heavy atom. The van der Waals surface area contributed by atoms with Gasteiger partial charge in [0.15, 0.2) is 0 Å². The number of thioether (sulfide) groups is 1. The highest BCUT2D eigenvalue weighted by Crippen LogP contribution is 2.46. The molecule has 0 aliphatic carbocycles. The fourth-order valence-electron chi connectivity index (χ4n) is 3.24. The van der Waals surface area contributed by atoms with E-state index in [-0.39, 0.29) is 11.2 Å². The number of likely N-dealkylation sites (N-methyl/N-ethyl adjacent to an activating group) is 1. The first-order chi connectivity index (χ1) is 12.9. The molecule has 1 aliphatic rings. The Balaban J connectivity index is 2.02. The number of anilines is 1. The molecular formula is C21H26N2O3S. The quantitative estimate of drug-likeness (QED) is 0.856. The van der Waals surface area contributed by atoms with Crippen molar-refractivity contribution in [1.29, 1.82) is 0 Å². The molecule has 144 valence electrons. The molecule has 1 amide bonds. The normalized spacial score (nSPS) is 19.8. The fraction of sp³-hybridized carbons (Fsp3) is 0.381.